The molecule has 0 unspecified atom stereocenters. The molecule has 0 aliphatic carbocycles. The van der Waals surface area contributed by atoms with Crippen LogP contribution in [-0.4, -0.2) is 16.1 Å². The van der Waals surface area contributed by atoms with Gasteiger partial charge in [0.05, 0.1) is 0 Å². The topological polar surface area (TPSA) is 29.9 Å². The van der Waals surface area contributed by atoms with Gasteiger partial charge in [-0.3, -0.25) is 0 Å². The molecule has 3 heterocycles. The minimum absolute atomic E-state index is 0.743. The van der Waals surface area contributed by atoms with Crippen LogP contribution in [0.5, 0.6) is 0 Å². The molecule has 0 radical (unpaired) electrons. The van der Waals surface area contributed by atoms with Crippen LogP contribution in [0.2, 0.25) is 0 Å². The predicted molar refractivity (Wildman–Crippen MR) is 74.8 cm³/mol. The molecule has 2 aromatic heterocycles. The van der Waals surface area contributed by atoms with E-state index in [0.29, 0.717) is 0 Å². The van der Waals surface area contributed by atoms with E-state index in [-0.39, 0.29) is 0 Å². The van der Waals surface area contributed by atoms with E-state index in [2.05, 4.69) is 39.4 Å². The lowest BCUT2D eigenvalue weighted by atomic mass is 9.99. The quantitative estimate of drug-likeness (QED) is 0.917. The molecule has 0 aromatic carbocycles. The SMILES string of the molecule is Cc1ccsc1CNC[C@@H]1CCc2nccn2C1. The summed E-state index contributed by atoms with van der Waals surface area (Å²) in [5, 5.41) is 5.77. The van der Waals surface area contributed by atoms with E-state index < -0.39 is 0 Å². The van der Waals surface area contributed by atoms with Crippen molar-refractivity contribution in [3.8, 4) is 0 Å². The number of aryl methyl sites for hydroxylation is 2. The summed E-state index contributed by atoms with van der Waals surface area (Å²) in [6.45, 7) is 5.42. The van der Waals surface area contributed by atoms with E-state index in [1.54, 1.807) is 0 Å². The first kappa shape index (κ1) is 11.9. The Morgan fingerprint density at radius 3 is 3.33 bits per heavy atom. The van der Waals surface area contributed by atoms with Gasteiger partial charge in [0.25, 0.3) is 0 Å². The summed E-state index contributed by atoms with van der Waals surface area (Å²) < 4.78 is 2.30. The Kier molecular flexibility index (Phi) is 3.48. The molecule has 0 spiro atoms. The molecule has 0 amide bonds. The monoisotopic (exact) mass is 261 g/mol. The maximum absolute atomic E-state index is 4.37. The van der Waals surface area contributed by atoms with E-state index >= 15 is 0 Å². The number of imidazole rings is 1. The van der Waals surface area contributed by atoms with Gasteiger partial charge in [0.1, 0.15) is 5.82 Å². The van der Waals surface area contributed by atoms with Gasteiger partial charge in [0, 0.05) is 43.3 Å². The summed E-state index contributed by atoms with van der Waals surface area (Å²) in [5.41, 5.74) is 1.41. The third-order valence-electron chi connectivity index (χ3n) is 3.72. The largest absolute Gasteiger partial charge is 0.335 e. The van der Waals surface area contributed by atoms with Crippen molar-refractivity contribution in [3.63, 3.8) is 0 Å². The van der Waals surface area contributed by atoms with Gasteiger partial charge < -0.3 is 9.88 Å². The van der Waals surface area contributed by atoms with Crippen LogP contribution < -0.4 is 5.32 Å². The van der Waals surface area contributed by atoms with Gasteiger partial charge in [-0.25, -0.2) is 4.98 Å². The maximum Gasteiger partial charge on any atom is 0.108 e. The molecule has 1 aliphatic rings. The number of fused-ring (bicyclic) bond motifs is 1. The summed E-state index contributed by atoms with van der Waals surface area (Å²) >= 11 is 1.85. The molecule has 1 aliphatic heterocycles. The first-order valence-electron chi connectivity index (χ1n) is 6.56. The lowest BCUT2D eigenvalue weighted by Crippen LogP contribution is -2.29. The van der Waals surface area contributed by atoms with Crippen molar-refractivity contribution in [2.75, 3.05) is 6.54 Å². The second-order valence-electron chi connectivity index (χ2n) is 5.06. The Morgan fingerprint density at radius 2 is 2.50 bits per heavy atom. The average Bonchev–Trinajstić information content (AvgIpc) is 2.98. The van der Waals surface area contributed by atoms with Crippen molar-refractivity contribution in [1.29, 1.82) is 0 Å². The molecule has 18 heavy (non-hydrogen) atoms. The molecular weight excluding hydrogens is 242 g/mol. The van der Waals surface area contributed by atoms with Gasteiger partial charge in [-0.1, -0.05) is 0 Å². The molecule has 1 N–H and O–H groups in total. The van der Waals surface area contributed by atoms with Crippen LogP contribution in [0.25, 0.3) is 0 Å². The Bertz CT molecular complexity index is 515. The number of aromatic nitrogens is 2. The van der Waals surface area contributed by atoms with Crippen LogP contribution in [0, 0.1) is 12.8 Å². The molecular formula is C14H19N3S. The number of hydrogen-bond acceptors (Lipinski definition) is 3. The minimum atomic E-state index is 0.743. The lowest BCUT2D eigenvalue weighted by Gasteiger charge is -2.24. The van der Waals surface area contributed by atoms with Gasteiger partial charge in [0.15, 0.2) is 0 Å². The molecule has 1 atom stereocenters. The van der Waals surface area contributed by atoms with Crippen LogP contribution in [0.1, 0.15) is 22.7 Å². The second-order valence-corrected chi connectivity index (χ2v) is 6.06. The van der Waals surface area contributed by atoms with Gasteiger partial charge in [-0.05, 0) is 36.3 Å². The standard InChI is InChI=1S/C14H19N3S/c1-11-4-7-18-13(11)9-15-8-12-2-3-14-16-5-6-17(14)10-12/h4-7,12,15H,2-3,8-10H2,1H3/t12-/m0/s1. The summed E-state index contributed by atoms with van der Waals surface area (Å²) in [6, 6.07) is 2.19. The van der Waals surface area contributed by atoms with Gasteiger partial charge in [0.2, 0.25) is 0 Å². The maximum atomic E-state index is 4.37. The molecule has 0 saturated carbocycles. The number of hydrogen-bond donors (Lipinski definition) is 1. The van der Waals surface area contributed by atoms with E-state index in [1.807, 2.05) is 17.5 Å². The molecule has 3 rings (SSSR count). The Morgan fingerprint density at radius 1 is 1.56 bits per heavy atom. The highest BCUT2D eigenvalue weighted by atomic mass is 32.1. The number of rotatable bonds is 4. The fraction of sp³-hybridized carbons (Fsp3) is 0.500. The van der Waals surface area contributed by atoms with Crippen molar-refractivity contribution in [2.24, 2.45) is 5.92 Å². The van der Waals surface area contributed by atoms with Crippen molar-refractivity contribution >= 4 is 11.3 Å². The van der Waals surface area contributed by atoms with E-state index in [4.69, 9.17) is 0 Å². The molecule has 0 saturated heterocycles. The van der Waals surface area contributed by atoms with Crippen molar-refractivity contribution in [1.82, 2.24) is 14.9 Å². The number of nitrogens with zero attached hydrogens (tertiary/aromatic N) is 2. The molecule has 3 nitrogen and oxygen atoms in total. The van der Waals surface area contributed by atoms with E-state index in [0.717, 1.165) is 32.0 Å². The van der Waals surface area contributed by atoms with Gasteiger partial charge in [-0.15, -0.1) is 11.3 Å². The van der Waals surface area contributed by atoms with Gasteiger partial charge in [-0.2, -0.15) is 0 Å². The van der Waals surface area contributed by atoms with E-state index in [1.165, 1.54) is 22.7 Å². The zero-order valence-corrected chi connectivity index (χ0v) is 11.5. The summed E-state index contributed by atoms with van der Waals surface area (Å²) in [7, 11) is 0. The summed E-state index contributed by atoms with van der Waals surface area (Å²) in [5.74, 6) is 1.99. The first-order chi connectivity index (χ1) is 8.83. The first-order valence-corrected chi connectivity index (χ1v) is 7.44. The van der Waals surface area contributed by atoms with Crippen LogP contribution in [0.4, 0.5) is 0 Å². The average molecular weight is 261 g/mol. The van der Waals surface area contributed by atoms with Crippen LogP contribution >= 0.6 is 11.3 Å². The Labute approximate surface area is 112 Å². The summed E-state index contributed by atoms with van der Waals surface area (Å²) in [4.78, 5) is 5.83. The third kappa shape index (κ3) is 2.49. The van der Waals surface area contributed by atoms with Crippen LogP contribution in [-0.2, 0) is 19.5 Å². The van der Waals surface area contributed by atoms with Gasteiger partial charge >= 0.3 is 0 Å². The number of thiophene rings is 1. The van der Waals surface area contributed by atoms with Crippen molar-refractivity contribution in [3.05, 3.63) is 40.1 Å². The lowest BCUT2D eigenvalue weighted by molar-refractivity contribution is 0.348. The fourth-order valence-corrected chi connectivity index (χ4v) is 3.45. The van der Waals surface area contributed by atoms with Crippen molar-refractivity contribution in [2.45, 2.75) is 32.9 Å². The zero-order valence-electron chi connectivity index (χ0n) is 10.7. The minimum Gasteiger partial charge on any atom is -0.335 e. The highest BCUT2D eigenvalue weighted by molar-refractivity contribution is 7.10. The second kappa shape index (κ2) is 5.24. The highest BCUT2D eigenvalue weighted by Crippen LogP contribution is 2.19. The normalized spacial score (nSPS) is 18.8. The van der Waals surface area contributed by atoms with Crippen molar-refractivity contribution < 1.29 is 0 Å². The smallest absolute Gasteiger partial charge is 0.108 e. The fourth-order valence-electron chi connectivity index (χ4n) is 2.58. The molecule has 0 bridgehead atoms. The molecule has 96 valence electrons. The van der Waals surface area contributed by atoms with Crippen LogP contribution in [0.3, 0.4) is 0 Å². The molecule has 2 aromatic rings. The third-order valence-corrected chi connectivity index (χ3v) is 4.74. The van der Waals surface area contributed by atoms with E-state index in [9.17, 15) is 0 Å². The molecule has 4 heteroatoms. The highest BCUT2D eigenvalue weighted by Gasteiger charge is 2.18. The Hall–Kier alpha value is -1.13. The summed E-state index contributed by atoms with van der Waals surface area (Å²) in [6.07, 6.45) is 6.40. The molecule has 0 fully saturated rings. The number of nitrogens with one attached hydrogen (secondary N) is 1. The predicted octanol–water partition coefficient (Wildman–Crippen LogP) is 2.61. The Balaban J connectivity index is 1.49. The zero-order chi connectivity index (χ0) is 12.4. The van der Waals surface area contributed by atoms with Crippen LogP contribution in [0.15, 0.2) is 23.8 Å².